The number of pyridine rings is 1. The van der Waals surface area contributed by atoms with Crippen LogP contribution in [0.5, 0.6) is 0 Å². The number of aryl methyl sites for hydroxylation is 1. The van der Waals surface area contributed by atoms with E-state index in [2.05, 4.69) is 46.6 Å². The third kappa shape index (κ3) is 2.25. The second-order valence-electron chi connectivity index (χ2n) is 6.02. The van der Waals surface area contributed by atoms with Gasteiger partial charge in [-0.15, -0.1) is 11.3 Å². The van der Waals surface area contributed by atoms with Crippen molar-refractivity contribution >= 4 is 22.5 Å². The molecule has 114 valence electrons. The van der Waals surface area contributed by atoms with E-state index >= 15 is 0 Å². The number of aromatic nitrogens is 3. The number of likely N-dealkylation sites (tertiary alicyclic amines) is 1. The molecule has 4 rings (SSSR count). The zero-order chi connectivity index (χ0) is 15.1. The van der Waals surface area contributed by atoms with Crippen molar-refractivity contribution in [1.29, 1.82) is 0 Å². The van der Waals surface area contributed by atoms with Crippen LogP contribution in [0.4, 0.5) is 0 Å². The highest BCUT2D eigenvalue weighted by Gasteiger charge is 2.26. The van der Waals surface area contributed by atoms with E-state index < -0.39 is 0 Å². The van der Waals surface area contributed by atoms with Crippen LogP contribution in [0.1, 0.15) is 30.3 Å². The number of rotatable bonds is 2. The minimum Gasteiger partial charge on any atom is -0.291 e. The summed E-state index contributed by atoms with van der Waals surface area (Å²) in [7, 11) is 2.21. The number of nitrogens with zero attached hydrogens (tertiary/aromatic N) is 4. The summed E-state index contributed by atoms with van der Waals surface area (Å²) in [6.45, 7) is 3.28. The van der Waals surface area contributed by atoms with Gasteiger partial charge in [0.2, 0.25) is 0 Å². The normalized spacial score (nSPS) is 19.8. The van der Waals surface area contributed by atoms with Crippen molar-refractivity contribution < 1.29 is 0 Å². The Morgan fingerprint density at radius 2 is 2.14 bits per heavy atom. The number of thiophene rings is 1. The standard InChI is InChI=1S/C17H20N4S/c1-12-8-9-14(22-12)17-19-13-6-5-10-18-16(13)21(17)15-7-3-4-11-20(15)2/h5-6,8-10,15H,3-4,7,11H2,1-2H3. The SMILES string of the molecule is Cc1ccc(-c2nc3cccnc3n2C2CCCCN2C)s1. The van der Waals surface area contributed by atoms with Crippen molar-refractivity contribution in [2.24, 2.45) is 0 Å². The summed E-state index contributed by atoms with van der Waals surface area (Å²) in [5.74, 6) is 1.06. The maximum absolute atomic E-state index is 4.89. The van der Waals surface area contributed by atoms with Crippen molar-refractivity contribution in [2.45, 2.75) is 32.4 Å². The van der Waals surface area contributed by atoms with Crippen LogP contribution in [0, 0.1) is 6.92 Å². The largest absolute Gasteiger partial charge is 0.291 e. The van der Waals surface area contributed by atoms with Crippen molar-refractivity contribution in [1.82, 2.24) is 19.4 Å². The average molecular weight is 312 g/mol. The number of fused-ring (bicyclic) bond motifs is 1. The number of hydrogen-bond donors (Lipinski definition) is 0. The van der Waals surface area contributed by atoms with Gasteiger partial charge < -0.3 is 0 Å². The lowest BCUT2D eigenvalue weighted by Gasteiger charge is -2.34. The van der Waals surface area contributed by atoms with Gasteiger partial charge in [-0.3, -0.25) is 9.47 Å². The summed E-state index contributed by atoms with van der Waals surface area (Å²) < 4.78 is 2.35. The van der Waals surface area contributed by atoms with Gasteiger partial charge >= 0.3 is 0 Å². The van der Waals surface area contributed by atoms with Gasteiger partial charge in [-0.05, 0) is 64.0 Å². The van der Waals surface area contributed by atoms with E-state index in [-0.39, 0.29) is 0 Å². The summed E-state index contributed by atoms with van der Waals surface area (Å²) in [4.78, 5) is 14.5. The third-order valence-corrected chi connectivity index (χ3v) is 5.44. The van der Waals surface area contributed by atoms with Crippen LogP contribution < -0.4 is 0 Å². The molecular weight excluding hydrogens is 292 g/mol. The smallest absolute Gasteiger partial charge is 0.161 e. The first kappa shape index (κ1) is 13.9. The van der Waals surface area contributed by atoms with Crippen molar-refractivity contribution in [3.05, 3.63) is 35.3 Å². The Balaban J connectivity index is 1.93. The summed E-state index contributed by atoms with van der Waals surface area (Å²) in [6.07, 6.45) is 5.93. The number of piperidine rings is 1. The molecule has 1 saturated heterocycles. The minimum atomic E-state index is 0.353. The molecule has 1 aliphatic heterocycles. The molecule has 0 spiro atoms. The Morgan fingerprint density at radius 1 is 1.23 bits per heavy atom. The molecule has 1 unspecified atom stereocenters. The Hall–Kier alpha value is -1.72. The van der Waals surface area contributed by atoms with Gasteiger partial charge in [-0.25, -0.2) is 9.97 Å². The molecule has 3 aromatic heterocycles. The first-order valence-corrected chi connectivity index (χ1v) is 8.66. The van der Waals surface area contributed by atoms with E-state index in [4.69, 9.17) is 4.98 Å². The molecule has 0 amide bonds. The van der Waals surface area contributed by atoms with Gasteiger partial charge in [-0.1, -0.05) is 0 Å². The first-order valence-electron chi connectivity index (χ1n) is 7.84. The second-order valence-corrected chi connectivity index (χ2v) is 7.31. The van der Waals surface area contributed by atoms with Crippen LogP contribution >= 0.6 is 11.3 Å². The van der Waals surface area contributed by atoms with Gasteiger partial charge in [0.25, 0.3) is 0 Å². The molecule has 0 bridgehead atoms. The van der Waals surface area contributed by atoms with Crippen molar-refractivity contribution in [2.75, 3.05) is 13.6 Å². The Kier molecular flexibility index (Phi) is 3.47. The van der Waals surface area contributed by atoms with E-state index in [1.165, 1.54) is 22.6 Å². The molecule has 0 radical (unpaired) electrons. The van der Waals surface area contributed by atoms with Crippen molar-refractivity contribution in [3.63, 3.8) is 0 Å². The maximum Gasteiger partial charge on any atom is 0.161 e. The van der Waals surface area contributed by atoms with Gasteiger partial charge in [0, 0.05) is 11.1 Å². The van der Waals surface area contributed by atoms with Crippen LogP contribution in [0.2, 0.25) is 0 Å². The van der Waals surface area contributed by atoms with Gasteiger partial charge in [0.05, 0.1) is 11.0 Å². The fourth-order valence-corrected chi connectivity index (χ4v) is 4.18. The molecule has 0 saturated carbocycles. The van der Waals surface area contributed by atoms with Crippen LogP contribution in [-0.2, 0) is 0 Å². The quantitative estimate of drug-likeness (QED) is 0.715. The molecule has 1 atom stereocenters. The molecule has 5 heteroatoms. The fraction of sp³-hybridized carbons (Fsp3) is 0.412. The molecule has 0 aliphatic carbocycles. The lowest BCUT2D eigenvalue weighted by atomic mass is 10.1. The lowest BCUT2D eigenvalue weighted by Crippen LogP contribution is -2.34. The molecule has 0 N–H and O–H groups in total. The van der Waals surface area contributed by atoms with E-state index in [9.17, 15) is 0 Å². The first-order chi connectivity index (χ1) is 10.7. The average Bonchev–Trinajstić information content (AvgIpc) is 3.11. The highest BCUT2D eigenvalue weighted by Crippen LogP contribution is 2.35. The number of imidazole rings is 1. The molecular formula is C17H20N4S. The highest BCUT2D eigenvalue weighted by atomic mass is 32.1. The fourth-order valence-electron chi connectivity index (χ4n) is 3.32. The molecule has 4 nitrogen and oxygen atoms in total. The van der Waals surface area contributed by atoms with Gasteiger partial charge in [-0.2, -0.15) is 0 Å². The molecule has 1 fully saturated rings. The summed E-state index contributed by atoms with van der Waals surface area (Å²) in [6, 6.07) is 8.38. The topological polar surface area (TPSA) is 34.0 Å². The predicted octanol–water partition coefficient (Wildman–Crippen LogP) is 4.08. The highest BCUT2D eigenvalue weighted by molar-refractivity contribution is 7.15. The van der Waals surface area contributed by atoms with Crippen LogP contribution in [-0.4, -0.2) is 33.0 Å². The molecule has 1 aliphatic rings. The van der Waals surface area contributed by atoms with E-state index in [1.807, 2.05) is 12.3 Å². The Bertz CT molecular complexity index is 804. The molecule has 4 heterocycles. The zero-order valence-corrected chi connectivity index (χ0v) is 13.8. The lowest BCUT2D eigenvalue weighted by molar-refractivity contribution is 0.131. The number of hydrogen-bond acceptors (Lipinski definition) is 4. The van der Waals surface area contributed by atoms with Crippen molar-refractivity contribution in [3.8, 4) is 10.7 Å². The van der Waals surface area contributed by atoms with Gasteiger partial charge in [0.15, 0.2) is 11.5 Å². The molecule has 3 aromatic rings. The second kappa shape index (κ2) is 5.48. The molecule has 0 aromatic carbocycles. The summed E-state index contributed by atoms with van der Waals surface area (Å²) in [5, 5.41) is 0. The maximum atomic E-state index is 4.89. The van der Waals surface area contributed by atoms with Crippen LogP contribution in [0.25, 0.3) is 21.9 Å². The Labute approximate surface area is 134 Å². The monoisotopic (exact) mass is 312 g/mol. The third-order valence-electron chi connectivity index (χ3n) is 4.44. The van der Waals surface area contributed by atoms with E-state index in [1.54, 1.807) is 11.3 Å². The predicted molar refractivity (Wildman–Crippen MR) is 91.1 cm³/mol. The zero-order valence-electron chi connectivity index (χ0n) is 13.0. The summed E-state index contributed by atoms with van der Waals surface area (Å²) in [5.41, 5.74) is 1.99. The van der Waals surface area contributed by atoms with Gasteiger partial charge in [0.1, 0.15) is 5.52 Å². The van der Waals surface area contributed by atoms with Crippen LogP contribution in [0.15, 0.2) is 30.5 Å². The summed E-state index contributed by atoms with van der Waals surface area (Å²) >= 11 is 1.81. The van der Waals surface area contributed by atoms with Crippen LogP contribution in [0.3, 0.4) is 0 Å². The minimum absolute atomic E-state index is 0.353. The van der Waals surface area contributed by atoms with E-state index in [0.29, 0.717) is 6.17 Å². The molecule has 22 heavy (non-hydrogen) atoms. The van der Waals surface area contributed by atoms with E-state index in [0.717, 1.165) is 30.0 Å². The Morgan fingerprint density at radius 3 is 2.91 bits per heavy atom.